The van der Waals surface area contributed by atoms with Crippen molar-refractivity contribution in [3.63, 3.8) is 0 Å². The normalized spacial score (nSPS) is 15.7. The Bertz CT molecular complexity index is 1640. The first kappa shape index (κ1) is 27.9. The smallest absolute Gasteiger partial charge is 0.416 e. The van der Waals surface area contributed by atoms with E-state index in [9.17, 15) is 22.4 Å². The number of hydrogen-bond donors (Lipinski definition) is 1. The maximum atomic E-state index is 15.3. The number of nitrogens with two attached hydrogens (primary N) is 1. The van der Waals surface area contributed by atoms with Gasteiger partial charge in [0, 0.05) is 29.4 Å². The van der Waals surface area contributed by atoms with Crippen molar-refractivity contribution in [3.8, 4) is 16.9 Å². The quantitative estimate of drug-likeness (QED) is 0.251. The van der Waals surface area contributed by atoms with E-state index >= 15 is 4.39 Å². The van der Waals surface area contributed by atoms with Gasteiger partial charge in [-0.05, 0) is 47.9 Å². The third-order valence-corrected chi connectivity index (χ3v) is 8.51. The first-order valence-corrected chi connectivity index (χ1v) is 13.4. The summed E-state index contributed by atoms with van der Waals surface area (Å²) < 4.78 is 78.5. The molecule has 4 aromatic rings. The molecule has 2 unspecified atom stereocenters. The third kappa shape index (κ3) is 4.90. The van der Waals surface area contributed by atoms with Gasteiger partial charge in [-0.25, -0.2) is 8.78 Å². The molecule has 2 heterocycles. The molecule has 4 nitrogen and oxygen atoms in total. The number of pyridine rings is 1. The Hall–Kier alpha value is -3.63. The van der Waals surface area contributed by atoms with Crippen LogP contribution in [0.3, 0.4) is 0 Å². The lowest BCUT2D eigenvalue weighted by Crippen LogP contribution is -2.33. The van der Waals surface area contributed by atoms with Crippen LogP contribution >= 0.6 is 11.8 Å². The minimum Gasteiger partial charge on any atom is -0.497 e. The molecule has 0 radical (unpaired) electrons. The fraction of sp³-hybridized carbons (Fsp3) is 0.233. The van der Waals surface area contributed by atoms with Crippen LogP contribution < -0.4 is 16.0 Å². The maximum Gasteiger partial charge on any atom is 0.416 e. The van der Waals surface area contributed by atoms with Crippen molar-refractivity contribution in [3.05, 3.63) is 117 Å². The lowest BCUT2D eigenvalue weighted by atomic mass is 9.92. The van der Waals surface area contributed by atoms with Crippen molar-refractivity contribution in [1.29, 1.82) is 0 Å². The highest BCUT2D eigenvalue weighted by molar-refractivity contribution is 7.99. The molecule has 40 heavy (non-hydrogen) atoms. The number of thioether (sulfide) groups is 1. The Morgan fingerprint density at radius 2 is 1.75 bits per heavy atom. The summed E-state index contributed by atoms with van der Waals surface area (Å²) in [7, 11) is 1.38. The SMILES string of the molecule is COc1ccc(-c2c(C)c(Cc3c(F)cccc3C(F)(F)F)c3n(c2=O)C(C(N)c2ccccc2)CS3)c(F)c1. The van der Waals surface area contributed by atoms with Crippen molar-refractivity contribution >= 4 is 11.8 Å². The fourth-order valence-electron chi connectivity index (χ4n) is 5.22. The van der Waals surface area contributed by atoms with Crippen molar-refractivity contribution in [1.82, 2.24) is 4.57 Å². The van der Waals surface area contributed by atoms with E-state index in [1.807, 2.05) is 30.3 Å². The Kier molecular flexibility index (Phi) is 7.50. The molecule has 1 aliphatic heterocycles. The van der Waals surface area contributed by atoms with Crippen LogP contribution in [0.4, 0.5) is 22.0 Å². The van der Waals surface area contributed by atoms with Crippen LogP contribution in [0, 0.1) is 18.6 Å². The van der Waals surface area contributed by atoms with E-state index in [2.05, 4.69) is 0 Å². The summed E-state index contributed by atoms with van der Waals surface area (Å²) in [4.78, 5) is 14.1. The number of rotatable bonds is 6. The first-order valence-electron chi connectivity index (χ1n) is 12.4. The summed E-state index contributed by atoms with van der Waals surface area (Å²) in [6.07, 6.45) is -5.25. The Balaban J connectivity index is 1.77. The second-order valence-corrected chi connectivity index (χ2v) is 10.6. The van der Waals surface area contributed by atoms with Gasteiger partial charge in [0.2, 0.25) is 0 Å². The zero-order chi connectivity index (χ0) is 28.8. The van der Waals surface area contributed by atoms with Gasteiger partial charge in [-0.15, -0.1) is 11.8 Å². The highest BCUT2D eigenvalue weighted by atomic mass is 32.2. The van der Waals surface area contributed by atoms with E-state index in [1.54, 1.807) is 6.92 Å². The molecule has 0 saturated heterocycles. The van der Waals surface area contributed by atoms with E-state index in [-0.39, 0.29) is 22.4 Å². The highest BCUT2D eigenvalue weighted by Crippen LogP contribution is 2.44. The van der Waals surface area contributed by atoms with Gasteiger partial charge >= 0.3 is 6.18 Å². The summed E-state index contributed by atoms with van der Waals surface area (Å²) in [5.41, 5.74) is 5.75. The van der Waals surface area contributed by atoms with Crippen LogP contribution in [-0.2, 0) is 12.6 Å². The summed E-state index contributed by atoms with van der Waals surface area (Å²) in [6.45, 7) is 1.55. The number of alkyl halides is 3. The number of halogens is 5. The molecule has 2 N–H and O–H groups in total. The number of hydrogen-bond acceptors (Lipinski definition) is 4. The molecule has 2 atom stereocenters. The lowest BCUT2D eigenvalue weighted by Gasteiger charge is -2.25. The van der Waals surface area contributed by atoms with Gasteiger partial charge in [-0.3, -0.25) is 9.36 Å². The Labute approximate surface area is 231 Å². The monoisotopic (exact) mass is 572 g/mol. The predicted molar refractivity (Wildman–Crippen MR) is 145 cm³/mol. The molecule has 1 aliphatic rings. The Morgan fingerprint density at radius 1 is 1.02 bits per heavy atom. The van der Waals surface area contributed by atoms with Crippen LogP contribution in [0.1, 0.15) is 39.9 Å². The number of ether oxygens (including phenoxy) is 1. The minimum absolute atomic E-state index is 0.0171. The molecular weight excluding hydrogens is 547 g/mol. The van der Waals surface area contributed by atoms with E-state index < -0.39 is 53.0 Å². The minimum atomic E-state index is -4.80. The molecule has 0 amide bonds. The predicted octanol–water partition coefficient (Wildman–Crippen LogP) is 7.07. The van der Waals surface area contributed by atoms with E-state index in [4.69, 9.17) is 10.5 Å². The average molecular weight is 573 g/mol. The summed E-state index contributed by atoms with van der Waals surface area (Å²) in [6, 6.07) is 14.7. The third-order valence-electron chi connectivity index (χ3n) is 7.28. The summed E-state index contributed by atoms with van der Waals surface area (Å²) in [5.74, 6) is -1.16. The number of benzene rings is 3. The maximum absolute atomic E-state index is 15.3. The van der Waals surface area contributed by atoms with Gasteiger partial charge < -0.3 is 10.5 Å². The molecule has 0 bridgehead atoms. The zero-order valence-electron chi connectivity index (χ0n) is 21.6. The molecule has 0 saturated carbocycles. The van der Waals surface area contributed by atoms with E-state index in [0.717, 1.165) is 29.8 Å². The van der Waals surface area contributed by atoms with Crippen molar-refractivity contribution < 1.29 is 26.7 Å². The molecular formula is C30H25F5N2O2S. The topological polar surface area (TPSA) is 57.2 Å². The van der Waals surface area contributed by atoms with Gasteiger partial charge in [0.05, 0.1) is 35.3 Å². The number of fused-ring (bicyclic) bond motifs is 1. The van der Waals surface area contributed by atoms with Crippen LogP contribution in [0.25, 0.3) is 11.1 Å². The van der Waals surface area contributed by atoms with Crippen LogP contribution in [0.2, 0.25) is 0 Å². The van der Waals surface area contributed by atoms with Crippen molar-refractivity contribution in [2.24, 2.45) is 5.73 Å². The van der Waals surface area contributed by atoms with Gasteiger partial charge in [0.15, 0.2) is 0 Å². The molecule has 0 aliphatic carbocycles. The molecule has 10 heteroatoms. The van der Waals surface area contributed by atoms with Crippen LogP contribution in [-0.4, -0.2) is 17.4 Å². The number of aromatic nitrogens is 1. The fourth-order valence-corrected chi connectivity index (χ4v) is 6.66. The van der Waals surface area contributed by atoms with Gasteiger partial charge in [0.25, 0.3) is 5.56 Å². The highest BCUT2D eigenvalue weighted by Gasteiger charge is 2.38. The van der Waals surface area contributed by atoms with Crippen LogP contribution in [0.5, 0.6) is 5.75 Å². The zero-order valence-corrected chi connectivity index (χ0v) is 22.4. The molecule has 0 spiro atoms. The Morgan fingerprint density at radius 3 is 2.40 bits per heavy atom. The number of nitrogens with zero attached hydrogens (tertiary/aromatic N) is 1. The largest absolute Gasteiger partial charge is 0.497 e. The van der Waals surface area contributed by atoms with Gasteiger partial charge in [-0.1, -0.05) is 36.4 Å². The summed E-state index contributed by atoms with van der Waals surface area (Å²) >= 11 is 1.27. The molecule has 3 aromatic carbocycles. The molecule has 1 aromatic heterocycles. The van der Waals surface area contributed by atoms with Crippen molar-refractivity contribution in [2.45, 2.75) is 36.6 Å². The van der Waals surface area contributed by atoms with E-state index in [1.165, 1.54) is 35.6 Å². The van der Waals surface area contributed by atoms with Crippen LogP contribution in [0.15, 0.2) is 76.6 Å². The lowest BCUT2D eigenvalue weighted by molar-refractivity contribution is -0.138. The van der Waals surface area contributed by atoms with Gasteiger partial charge in [0.1, 0.15) is 17.4 Å². The molecule has 208 valence electrons. The first-order chi connectivity index (χ1) is 19.0. The van der Waals surface area contributed by atoms with E-state index in [0.29, 0.717) is 16.3 Å². The second-order valence-electron chi connectivity index (χ2n) is 9.56. The number of methoxy groups -OCH3 is 1. The molecule has 0 fully saturated rings. The van der Waals surface area contributed by atoms with Gasteiger partial charge in [-0.2, -0.15) is 13.2 Å². The van der Waals surface area contributed by atoms with Crippen molar-refractivity contribution in [2.75, 3.05) is 12.9 Å². The summed E-state index contributed by atoms with van der Waals surface area (Å²) in [5, 5.41) is 0.396. The second kappa shape index (κ2) is 10.7. The standard InChI is InChI=1S/C30H25F5N2O2S/c1-16-20(14-21-22(30(33,34)35)9-6-10-23(21)31)29-37(25(15-40-29)27(36)17-7-4-3-5-8-17)28(38)26(16)19-12-11-18(39-2)13-24(19)32/h3-13,25,27H,14-15,36H2,1-2H3. The molecule has 5 rings (SSSR count). The average Bonchev–Trinajstić information content (AvgIpc) is 3.37.